The van der Waals surface area contributed by atoms with E-state index >= 15 is 0 Å². The average Bonchev–Trinajstić information content (AvgIpc) is 2.76. The van der Waals surface area contributed by atoms with Crippen molar-refractivity contribution in [3.05, 3.63) is 18.3 Å². The number of ether oxygens (including phenoxy) is 1. The summed E-state index contributed by atoms with van der Waals surface area (Å²) in [6.45, 7) is 2.92. The van der Waals surface area contributed by atoms with Gasteiger partial charge in [0, 0.05) is 12.2 Å². The van der Waals surface area contributed by atoms with E-state index in [1.54, 1.807) is 18.3 Å². The molecule has 2 unspecified atom stereocenters. The van der Waals surface area contributed by atoms with Gasteiger partial charge in [-0.3, -0.25) is 4.79 Å². The second-order valence-electron chi connectivity index (χ2n) is 4.19. The molecule has 1 aliphatic rings. The molecule has 1 aliphatic heterocycles. The van der Waals surface area contributed by atoms with Crippen molar-refractivity contribution in [2.75, 3.05) is 19.0 Å². The number of pyridine rings is 1. The number of carbonyl (C=O) groups is 1. The van der Waals surface area contributed by atoms with E-state index in [9.17, 15) is 4.79 Å². The number of anilines is 1. The smallest absolute Gasteiger partial charge is 0.237 e. The zero-order valence-electron chi connectivity index (χ0n) is 10.1. The van der Waals surface area contributed by atoms with E-state index in [1.807, 2.05) is 6.92 Å². The first-order valence-electron chi connectivity index (χ1n) is 5.75. The van der Waals surface area contributed by atoms with Crippen molar-refractivity contribution in [3.63, 3.8) is 0 Å². The number of hydrogen-bond donors (Lipinski definition) is 2. The lowest BCUT2D eigenvalue weighted by molar-refractivity contribution is -0.120. The van der Waals surface area contributed by atoms with Gasteiger partial charge >= 0.3 is 0 Å². The van der Waals surface area contributed by atoms with Crippen molar-refractivity contribution in [2.45, 2.75) is 19.4 Å². The summed E-state index contributed by atoms with van der Waals surface area (Å²) >= 11 is 0. The van der Waals surface area contributed by atoms with Crippen LogP contribution in [0.3, 0.4) is 0 Å². The van der Waals surface area contributed by atoms with Gasteiger partial charge in [0.1, 0.15) is 5.69 Å². The number of rotatable bonds is 3. The van der Waals surface area contributed by atoms with Gasteiger partial charge in [-0.2, -0.15) is 0 Å². The SMILES string of the molecule is COc1ncccc1NC(=O)C1CCNC1C. The molecule has 2 N–H and O–H groups in total. The maximum atomic E-state index is 12.1. The fraction of sp³-hybridized carbons (Fsp3) is 0.500. The molecular weight excluding hydrogens is 218 g/mol. The van der Waals surface area contributed by atoms with Gasteiger partial charge in [-0.1, -0.05) is 0 Å². The normalized spacial score (nSPS) is 23.4. The van der Waals surface area contributed by atoms with Crippen molar-refractivity contribution in [1.82, 2.24) is 10.3 Å². The van der Waals surface area contributed by atoms with Gasteiger partial charge in [-0.05, 0) is 32.0 Å². The topological polar surface area (TPSA) is 63.2 Å². The van der Waals surface area contributed by atoms with Gasteiger partial charge in [0.2, 0.25) is 11.8 Å². The molecule has 1 saturated heterocycles. The molecule has 2 rings (SSSR count). The van der Waals surface area contributed by atoms with Crippen LogP contribution >= 0.6 is 0 Å². The number of methoxy groups -OCH3 is 1. The van der Waals surface area contributed by atoms with E-state index < -0.39 is 0 Å². The van der Waals surface area contributed by atoms with E-state index in [0.717, 1.165) is 13.0 Å². The van der Waals surface area contributed by atoms with Gasteiger partial charge < -0.3 is 15.4 Å². The highest BCUT2D eigenvalue weighted by Gasteiger charge is 2.29. The van der Waals surface area contributed by atoms with Crippen LogP contribution in [0.5, 0.6) is 5.88 Å². The molecule has 92 valence electrons. The van der Waals surface area contributed by atoms with E-state index in [2.05, 4.69) is 15.6 Å². The number of nitrogens with one attached hydrogen (secondary N) is 2. The third-order valence-electron chi connectivity index (χ3n) is 3.08. The van der Waals surface area contributed by atoms with Crippen LogP contribution in [0.4, 0.5) is 5.69 Å². The molecule has 1 aromatic heterocycles. The maximum absolute atomic E-state index is 12.1. The molecule has 0 aromatic carbocycles. The summed E-state index contributed by atoms with van der Waals surface area (Å²) < 4.78 is 5.09. The molecule has 0 saturated carbocycles. The quantitative estimate of drug-likeness (QED) is 0.821. The molecule has 17 heavy (non-hydrogen) atoms. The first kappa shape index (κ1) is 11.9. The van der Waals surface area contributed by atoms with Crippen LogP contribution in [0.25, 0.3) is 0 Å². The highest BCUT2D eigenvalue weighted by atomic mass is 16.5. The van der Waals surface area contributed by atoms with Gasteiger partial charge in [0.05, 0.1) is 13.0 Å². The number of carbonyl (C=O) groups excluding carboxylic acids is 1. The second kappa shape index (κ2) is 5.14. The Kier molecular flexibility index (Phi) is 3.58. The molecule has 5 nitrogen and oxygen atoms in total. The zero-order valence-corrected chi connectivity index (χ0v) is 10.1. The predicted octanol–water partition coefficient (Wildman–Crippen LogP) is 1.03. The Hall–Kier alpha value is -1.62. The van der Waals surface area contributed by atoms with Crippen LogP contribution in [0.2, 0.25) is 0 Å². The van der Waals surface area contributed by atoms with E-state index in [1.165, 1.54) is 7.11 Å². The van der Waals surface area contributed by atoms with Crippen LogP contribution in [0.1, 0.15) is 13.3 Å². The summed E-state index contributed by atoms with van der Waals surface area (Å²) in [5.41, 5.74) is 0.624. The van der Waals surface area contributed by atoms with Crippen LogP contribution < -0.4 is 15.4 Å². The van der Waals surface area contributed by atoms with E-state index in [-0.39, 0.29) is 17.9 Å². The molecule has 5 heteroatoms. The summed E-state index contributed by atoms with van der Waals surface area (Å²) in [7, 11) is 1.54. The Labute approximate surface area is 101 Å². The molecule has 2 atom stereocenters. The van der Waals surface area contributed by atoms with Crippen molar-refractivity contribution in [1.29, 1.82) is 0 Å². The molecule has 0 spiro atoms. The van der Waals surface area contributed by atoms with E-state index in [4.69, 9.17) is 4.74 Å². The Bertz CT molecular complexity index is 408. The number of nitrogens with zero attached hydrogens (tertiary/aromatic N) is 1. The lowest BCUT2D eigenvalue weighted by Gasteiger charge is -2.15. The zero-order chi connectivity index (χ0) is 12.3. The number of amides is 1. The molecule has 0 bridgehead atoms. The first-order valence-corrected chi connectivity index (χ1v) is 5.75. The molecule has 1 amide bonds. The Balaban J connectivity index is 2.07. The van der Waals surface area contributed by atoms with Crippen LogP contribution in [-0.4, -0.2) is 30.6 Å². The fourth-order valence-corrected chi connectivity index (χ4v) is 2.09. The average molecular weight is 235 g/mol. The maximum Gasteiger partial charge on any atom is 0.237 e. The predicted molar refractivity (Wildman–Crippen MR) is 65.0 cm³/mol. The second-order valence-corrected chi connectivity index (χ2v) is 4.19. The van der Waals surface area contributed by atoms with Crippen molar-refractivity contribution in [2.24, 2.45) is 5.92 Å². The van der Waals surface area contributed by atoms with Crippen molar-refractivity contribution in [3.8, 4) is 5.88 Å². The minimum atomic E-state index is 0.0138. The Morgan fingerprint density at radius 3 is 3.12 bits per heavy atom. The molecule has 2 heterocycles. The minimum absolute atomic E-state index is 0.0138. The van der Waals surface area contributed by atoms with E-state index in [0.29, 0.717) is 11.6 Å². The molecule has 1 fully saturated rings. The Morgan fingerprint density at radius 1 is 1.65 bits per heavy atom. The number of hydrogen-bond acceptors (Lipinski definition) is 4. The minimum Gasteiger partial charge on any atom is -0.480 e. The number of aromatic nitrogens is 1. The van der Waals surface area contributed by atoms with Crippen molar-refractivity contribution < 1.29 is 9.53 Å². The highest BCUT2D eigenvalue weighted by Crippen LogP contribution is 2.23. The third kappa shape index (κ3) is 2.55. The highest BCUT2D eigenvalue weighted by molar-refractivity contribution is 5.94. The lowest BCUT2D eigenvalue weighted by atomic mass is 10.0. The molecule has 0 radical (unpaired) electrons. The molecular formula is C12H17N3O2. The monoisotopic (exact) mass is 235 g/mol. The fourth-order valence-electron chi connectivity index (χ4n) is 2.09. The van der Waals surface area contributed by atoms with Crippen LogP contribution in [0.15, 0.2) is 18.3 Å². The lowest BCUT2D eigenvalue weighted by Crippen LogP contribution is -2.32. The largest absolute Gasteiger partial charge is 0.480 e. The Morgan fingerprint density at radius 2 is 2.47 bits per heavy atom. The summed E-state index contributed by atoms with van der Waals surface area (Å²) in [6.07, 6.45) is 2.50. The summed E-state index contributed by atoms with van der Waals surface area (Å²) in [5, 5.41) is 6.12. The summed E-state index contributed by atoms with van der Waals surface area (Å²) in [4.78, 5) is 16.1. The summed E-state index contributed by atoms with van der Waals surface area (Å²) in [6, 6.07) is 3.78. The molecule has 0 aliphatic carbocycles. The first-order chi connectivity index (χ1) is 8.22. The van der Waals surface area contributed by atoms with Gasteiger partial charge in [0.15, 0.2) is 0 Å². The standard InChI is InChI=1S/C12H17N3O2/c1-8-9(5-7-13-8)11(16)15-10-4-3-6-14-12(10)17-2/h3-4,6,8-9,13H,5,7H2,1-2H3,(H,15,16). The van der Waals surface area contributed by atoms with Gasteiger partial charge in [0.25, 0.3) is 0 Å². The molecule has 1 aromatic rings. The van der Waals surface area contributed by atoms with Crippen molar-refractivity contribution >= 4 is 11.6 Å². The third-order valence-corrected chi connectivity index (χ3v) is 3.08. The van der Waals surface area contributed by atoms with Crippen LogP contribution in [-0.2, 0) is 4.79 Å². The van der Waals surface area contributed by atoms with Gasteiger partial charge in [-0.15, -0.1) is 0 Å². The van der Waals surface area contributed by atoms with Crippen LogP contribution in [0, 0.1) is 5.92 Å². The van der Waals surface area contributed by atoms with Gasteiger partial charge in [-0.25, -0.2) is 4.98 Å². The summed E-state index contributed by atoms with van der Waals surface area (Å²) in [5.74, 6) is 0.480.